The van der Waals surface area contributed by atoms with Crippen molar-refractivity contribution in [3.05, 3.63) is 113 Å². The van der Waals surface area contributed by atoms with Crippen LogP contribution in [0.2, 0.25) is 15.1 Å². The van der Waals surface area contributed by atoms with Crippen molar-refractivity contribution < 1.29 is 43.9 Å². The van der Waals surface area contributed by atoms with Crippen molar-refractivity contribution in [2.75, 3.05) is 81.7 Å². The molecule has 1 atom stereocenters. The summed E-state index contributed by atoms with van der Waals surface area (Å²) in [5.74, 6) is -0.725. The number of aryl methyl sites for hydroxylation is 6. The van der Waals surface area contributed by atoms with E-state index in [9.17, 15) is 29.4 Å². The van der Waals surface area contributed by atoms with Crippen LogP contribution in [0.15, 0.2) is 47.9 Å². The fourth-order valence-electron chi connectivity index (χ4n) is 12.2. The quantitative estimate of drug-likeness (QED) is 0.227. The zero-order valence-electron chi connectivity index (χ0n) is 43.6. The number of piperidine rings is 3. The molecule has 1 unspecified atom stereocenters. The van der Waals surface area contributed by atoms with Gasteiger partial charge in [0.2, 0.25) is 5.91 Å². The fraction of sp³-hybridized carbons (Fsp3) is 0.519. The van der Waals surface area contributed by atoms with Crippen LogP contribution in [0.4, 0.5) is 0 Å². The van der Waals surface area contributed by atoms with Crippen LogP contribution in [0.25, 0.3) is 11.1 Å². The lowest BCUT2D eigenvalue weighted by Gasteiger charge is -2.42. The van der Waals surface area contributed by atoms with Crippen LogP contribution in [0.1, 0.15) is 94.5 Å². The maximum absolute atomic E-state index is 13.3. The fourth-order valence-corrected chi connectivity index (χ4v) is 13.2. The van der Waals surface area contributed by atoms with Crippen LogP contribution in [0, 0.1) is 41.5 Å². The summed E-state index contributed by atoms with van der Waals surface area (Å²) < 4.78 is 0. The Labute approximate surface area is 438 Å². The van der Waals surface area contributed by atoms with Crippen LogP contribution in [-0.4, -0.2) is 162 Å². The van der Waals surface area contributed by atoms with Gasteiger partial charge in [-0.1, -0.05) is 34.8 Å². The molecule has 3 amide bonds. The minimum absolute atomic E-state index is 0.0132. The summed E-state index contributed by atoms with van der Waals surface area (Å²) in [5, 5.41) is 29.6. The van der Waals surface area contributed by atoms with Crippen LogP contribution >= 0.6 is 34.8 Å². The van der Waals surface area contributed by atoms with Gasteiger partial charge in [-0.25, -0.2) is 0 Å². The second kappa shape index (κ2) is 21.4. The maximum atomic E-state index is 13.3. The monoisotopic (exact) mass is 1050 g/mol. The van der Waals surface area contributed by atoms with E-state index in [0.717, 1.165) is 50.1 Å². The van der Waals surface area contributed by atoms with Gasteiger partial charge in [-0.2, -0.15) is 15.2 Å². The van der Waals surface area contributed by atoms with Gasteiger partial charge in [0.15, 0.2) is 5.78 Å². The number of amides is 3. The lowest BCUT2D eigenvalue weighted by molar-refractivity contribution is -0.165. The molecule has 4 fully saturated rings. The Bertz CT molecular complexity index is 2530. The van der Waals surface area contributed by atoms with Crippen molar-refractivity contribution in [1.29, 1.82) is 0 Å². The number of rotatable bonds is 6. The number of hydroxylamine groups is 6. The Morgan fingerprint density at radius 2 is 0.750 bits per heavy atom. The normalized spacial score (nSPS) is 22.2. The van der Waals surface area contributed by atoms with E-state index < -0.39 is 22.5 Å². The molecule has 6 aliphatic heterocycles. The molecule has 18 heteroatoms. The molecule has 6 aliphatic rings. The Morgan fingerprint density at radius 3 is 1.04 bits per heavy atom. The van der Waals surface area contributed by atoms with Crippen LogP contribution in [0.3, 0.4) is 0 Å². The van der Waals surface area contributed by atoms with Gasteiger partial charge in [0.05, 0.1) is 32.5 Å². The number of aliphatic hydroxyl groups excluding tert-OH is 2. The minimum Gasteiger partial charge on any atom is -0.509 e. The SMILES string of the molecule is CON1CCC2(CC1)C(=O)C(c1c(C)cc(Cl)cc1C)C(=O)N2C.CON1CCC2(CC1)C(O)=C(c1c(C)cc(Cl)cc1C)C(=O)N2C.CON1CCC2(CC1)C(O)=C(c1c(C)cc(Cl)cc1C)C(=O)N2C. The molecule has 3 aromatic carbocycles. The van der Waals surface area contributed by atoms with E-state index in [-0.39, 0.29) is 35.0 Å². The molecule has 390 valence electrons. The Kier molecular flexibility index (Phi) is 16.4. The topological polar surface area (TPSA) is 156 Å². The van der Waals surface area contributed by atoms with Crippen molar-refractivity contribution >= 4 is 69.5 Å². The molecule has 9 rings (SSSR count). The van der Waals surface area contributed by atoms with Gasteiger partial charge < -0.3 is 39.4 Å². The molecule has 0 bridgehead atoms. The lowest BCUT2D eigenvalue weighted by Crippen LogP contribution is -2.54. The predicted octanol–water partition coefficient (Wildman–Crippen LogP) is 8.67. The summed E-state index contributed by atoms with van der Waals surface area (Å²) in [6.07, 6.45) is 3.77. The summed E-state index contributed by atoms with van der Waals surface area (Å²) in [5.41, 5.74) is 6.61. The first-order valence-electron chi connectivity index (χ1n) is 24.4. The molecule has 0 saturated carbocycles. The lowest BCUT2D eigenvalue weighted by atomic mass is 9.79. The van der Waals surface area contributed by atoms with Crippen molar-refractivity contribution in [2.24, 2.45) is 0 Å². The van der Waals surface area contributed by atoms with E-state index >= 15 is 0 Å². The van der Waals surface area contributed by atoms with E-state index in [1.165, 1.54) is 0 Å². The molecule has 6 heterocycles. The van der Waals surface area contributed by atoms with E-state index in [0.29, 0.717) is 104 Å². The second-order valence-electron chi connectivity index (χ2n) is 20.1. The summed E-state index contributed by atoms with van der Waals surface area (Å²) in [7, 11) is 10.2. The molecule has 0 radical (unpaired) electrons. The van der Waals surface area contributed by atoms with E-state index in [1.807, 2.05) is 93.1 Å². The summed E-state index contributed by atoms with van der Waals surface area (Å²) >= 11 is 18.3. The third-order valence-corrected chi connectivity index (χ3v) is 17.0. The van der Waals surface area contributed by atoms with Gasteiger partial charge in [-0.05, 0) is 167 Å². The standard InChI is InChI=1S/3C18H23ClN2O3/c3*1-11-9-13(19)10-12(2)14(11)15-16(22)18(20(3)17(15)23)5-7-21(24-4)8-6-18/h2*9-10,22H,5-8H2,1-4H3;9-10,15H,5-8H2,1-4H3. The largest absolute Gasteiger partial charge is 0.509 e. The van der Waals surface area contributed by atoms with Crippen LogP contribution in [-0.2, 0) is 33.7 Å². The number of halogens is 3. The molecule has 4 saturated heterocycles. The van der Waals surface area contributed by atoms with Crippen molar-refractivity contribution in [3.8, 4) is 0 Å². The number of Topliss-reactive ketones (excluding diaryl/α,β-unsaturated/α-hetero) is 1. The molecular formula is C54H69Cl3N6O9. The number of carbonyl (C=O) groups is 4. The van der Waals surface area contributed by atoms with Crippen LogP contribution < -0.4 is 0 Å². The van der Waals surface area contributed by atoms with Crippen molar-refractivity contribution in [3.63, 3.8) is 0 Å². The van der Waals surface area contributed by atoms with Gasteiger partial charge in [-0.3, -0.25) is 19.2 Å². The first kappa shape index (κ1) is 55.2. The highest BCUT2D eigenvalue weighted by Gasteiger charge is 2.59. The van der Waals surface area contributed by atoms with Gasteiger partial charge in [0, 0.05) is 75.5 Å². The highest BCUT2D eigenvalue weighted by Crippen LogP contribution is 2.48. The highest BCUT2D eigenvalue weighted by atomic mass is 35.5. The summed E-state index contributed by atoms with van der Waals surface area (Å²) in [4.78, 5) is 73.1. The number of hydrogen-bond acceptors (Lipinski definition) is 12. The highest BCUT2D eigenvalue weighted by molar-refractivity contribution is 6.32. The molecule has 0 aromatic heterocycles. The van der Waals surface area contributed by atoms with Gasteiger partial charge in [0.25, 0.3) is 11.8 Å². The molecule has 3 spiro atoms. The molecule has 72 heavy (non-hydrogen) atoms. The van der Waals surface area contributed by atoms with E-state index in [4.69, 9.17) is 49.3 Å². The van der Waals surface area contributed by atoms with Gasteiger partial charge in [-0.15, -0.1) is 0 Å². The predicted molar refractivity (Wildman–Crippen MR) is 280 cm³/mol. The van der Waals surface area contributed by atoms with E-state index in [2.05, 4.69) is 0 Å². The zero-order chi connectivity index (χ0) is 52.9. The number of hydrogen-bond donors (Lipinski definition) is 2. The van der Waals surface area contributed by atoms with Gasteiger partial charge in [0.1, 0.15) is 34.1 Å². The van der Waals surface area contributed by atoms with Crippen LogP contribution in [0.5, 0.6) is 0 Å². The second-order valence-corrected chi connectivity index (χ2v) is 21.4. The average Bonchev–Trinajstić information content (AvgIpc) is 3.71. The number of likely N-dealkylation sites (N-methyl/N-ethyl adjacent to an activating group) is 3. The third kappa shape index (κ3) is 9.47. The Morgan fingerprint density at radius 1 is 0.472 bits per heavy atom. The number of nitrogens with zero attached hydrogens (tertiary/aromatic N) is 6. The summed E-state index contributed by atoms with van der Waals surface area (Å²) in [6, 6.07) is 11.0. The molecule has 15 nitrogen and oxygen atoms in total. The van der Waals surface area contributed by atoms with Gasteiger partial charge >= 0.3 is 0 Å². The van der Waals surface area contributed by atoms with Crippen molar-refractivity contribution in [2.45, 2.75) is 103 Å². The molecule has 2 N–H and O–H groups in total. The first-order chi connectivity index (χ1) is 33.9. The number of ketones is 1. The van der Waals surface area contributed by atoms with E-state index in [1.54, 1.807) is 57.2 Å². The zero-order valence-corrected chi connectivity index (χ0v) is 45.9. The molecular weight excluding hydrogens is 983 g/mol. The maximum Gasteiger partial charge on any atom is 0.258 e. The third-order valence-electron chi connectivity index (χ3n) is 16.4. The summed E-state index contributed by atoms with van der Waals surface area (Å²) in [6.45, 7) is 15.5. The number of carbonyl (C=O) groups excluding carboxylic acids is 4. The number of likely N-dealkylation sites (tertiary alicyclic amines) is 1. The first-order valence-corrected chi connectivity index (χ1v) is 25.5. The average molecular weight is 1050 g/mol. The Hall–Kier alpha value is -4.55. The van der Waals surface area contributed by atoms with Crippen molar-refractivity contribution in [1.82, 2.24) is 29.9 Å². The molecule has 3 aromatic rings. The molecule has 0 aliphatic carbocycles. The Balaban J connectivity index is 0.000000158. The minimum atomic E-state index is -0.721. The smallest absolute Gasteiger partial charge is 0.258 e. The number of benzene rings is 3. The number of aliphatic hydroxyl groups is 2.